The predicted octanol–water partition coefficient (Wildman–Crippen LogP) is 4.17. The van der Waals surface area contributed by atoms with Crippen LogP contribution in [0.2, 0.25) is 0 Å². The maximum absolute atomic E-state index is 12.4. The van der Waals surface area contributed by atoms with Crippen LogP contribution >= 0.6 is 0 Å². The van der Waals surface area contributed by atoms with Gasteiger partial charge in [0.25, 0.3) is 5.91 Å². The first-order chi connectivity index (χ1) is 14.4. The summed E-state index contributed by atoms with van der Waals surface area (Å²) in [6.45, 7) is 2.73. The highest BCUT2D eigenvalue weighted by atomic mass is 32.2. The zero-order chi connectivity index (χ0) is 21.4. The van der Waals surface area contributed by atoms with Crippen molar-refractivity contribution in [2.45, 2.75) is 24.8 Å². The maximum Gasteiger partial charge on any atom is 0.251 e. The monoisotopic (exact) mass is 423 g/mol. The van der Waals surface area contributed by atoms with Crippen LogP contribution in [0.25, 0.3) is 0 Å². The molecule has 156 valence electrons. The van der Waals surface area contributed by atoms with E-state index in [1.807, 2.05) is 25.1 Å². The lowest BCUT2D eigenvalue weighted by molar-refractivity contribution is 0.0953. The molecule has 0 aromatic heterocycles. The Morgan fingerprint density at radius 2 is 1.70 bits per heavy atom. The highest BCUT2D eigenvalue weighted by molar-refractivity contribution is 7.91. The summed E-state index contributed by atoms with van der Waals surface area (Å²) in [5.41, 5.74) is 2.70. The van der Waals surface area contributed by atoms with Gasteiger partial charge in [-0.15, -0.1) is 0 Å². The van der Waals surface area contributed by atoms with E-state index in [0.29, 0.717) is 29.2 Å². The van der Waals surface area contributed by atoms with Gasteiger partial charge in [0, 0.05) is 12.1 Å². The van der Waals surface area contributed by atoms with Gasteiger partial charge in [-0.25, -0.2) is 8.42 Å². The van der Waals surface area contributed by atoms with Crippen LogP contribution in [0.1, 0.15) is 27.9 Å². The second-order valence-corrected chi connectivity index (χ2v) is 9.16. The fourth-order valence-corrected chi connectivity index (χ4v) is 4.34. The van der Waals surface area contributed by atoms with Crippen molar-refractivity contribution in [1.82, 2.24) is 5.32 Å². The van der Waals surface area contributed by atoms with Crippen molar-refractivity contribution in [3.63, 3.8) is 0 Å². The predicted molar refractivity (Wildman–Crippen MR) is 117 cm³/mol. The lowest BCUT2D eigenvalue weighted by Gasteiger charge is -2.10. The molecule has 0 aliphatic carbocycles. The largest absolute Gasteiger partial charge is 0.489 e. The molecule has 0 aliphatic heterocycles. The molecule has 0 radical (unpaired) electrons. The SMILES string of the molecule is Cc1cccc(COc2cccc(C(=O)NCCCS(=O)(=O)c3ccccc3)c2)c1. The summed E-state index contributed by atoms with van der Waals surface area (Å²) in [5, 5.41) is 2.77. The lowest BCUT2D eigenvalue weighted by atomic mass is 10.1. The fraction of sp³-hybridized carbons (Fsp3) is 0.208. The summed E-state index contributed by atoms with van der Waals surface area (Å²) < 4.78 is 30.3. The summed E-state index contributed by atoms with van der Waals surface area (Å²) in [6.07, 6.45) is 0.340. The fourth-order valence-electron chi connectivity index (χ4n) is 3.01. The number of sulfone groups is 1. The number of rotatable bonds is 9. The van der Waals surface area contributed by atoms with Gasteiger partial charge in [-0.05, 0) is 49.2 Å². The maximum atomic E-state index is 12.4. The van der Waals surface area contributed by atoms with Crippen molar-refractivity contribution in [2.24, 2.45) is 0 Å². The normalized spacial score (nSPS) is 11.1. The number of carbonyl (C=O) groups excluding carboxylic acids is 1. The van der Waals surface area contributed by atoms with E-state index in [4.69, 9.17) is 4.74 Å². The highest BCUT2D eigenvalue weighted by Gasteiger charge is 2.14. The number of hydrogen-bond acceptors (Lipinski definition) is 4. The number of aryl methyl sites for hydroxylation is 1. The van der Waals surface area contributed by atoms with Crippen LogP contribution in [0.3, 0.4) is 0 Å². The zero-order valence-electron chi connectivity index (χ0n) is 16.9. The first-order valence-electron chi connectivity index (χ1n) is 9.78. The second kappa shape index (κ2) is 10.1. The van der Waals surface area contributed by atoms with Gasteiger partial charge in [-0.2, -0.15) is 0 Å². The average molecular weight is 424 g/mol. The van der Waals surface area contributed by atoms with E-state index in [9.17, 15) is 13.2 Å². The molecule has 0 unspecified atom stereocenters. The van der Waals surface area contributed by atoms with Gasteiger partial charge in [-0.3, -0.25) is 4.79 Å². The molecule has 3 aromatic carbocycles. The van der Waals surface area contributed by atoms with E-state index >= 15 is 0 Å². The standard InChI is InChI=1S/C24H25NO4S/c1-19-8-5-9-20(16-19)18-29-22-11-6-10-21(17-22)24(26)25-14-7-15-30(27,28)23-12-3-2-4-13-23/h2-6,8-13,16-17H,7,14-15,18H2,1H3,(H,25,26). The molecule has 30 heavy (non-hydrogen) atoms. The molecule has 1 amide bonds. The number of ether oxygens (including phenoxy) is 1. The molecule has 1 N–H and O–H groups in total. The summed E-state index contributed by atoms with van der Waals surface area (Å²) in [7, 11) is -3.34. The number of nitrogens with one attached hydrogen (secondary N) is 1. The molecule has 0 saturated heterocycles. The van der Waals surface area contributed by atoms with Crippen LogP contribution < -0.4 is 10.1 Å². The van der Waals surface area contributed by atoms with Crippen molar-refractivity contribution in [3.05, 3.63) is 95.6 Å². The van der Waals surface area contributed by atoms with Crippen molar-refractivity contribution >= 4 is 15.7 Å². The Balaban J connectivity index is 1.49. The highest BCUT2D eigenvalue weighted by Crippen LogP contribution is 2.16. The number of hydrogen-bond donors (Lipinski definition) is 1. The molecule has 0 fully saturated rings. The molecule has 0 spiro atoms. The van der Waals surface area contributed by atoms with Crippen LogP contribution in [0.15, 0.2) is 83.8 Å². The van der Waals surface area contributed by atoms with Crippen LogP contribution in [0, 0.1) is 6.92 Å². The summed E-state index contributed by atoms with van der Waals surface area (Å²) in [6, 6.07) is 23.3. The third kappa shape index (κ3) is 6.19. The molecule has 0 heterocycles. The zero-order valence-corrected chi connectivity index (χ0v) is 17.7. The number of benzene rings is 3. The van der Waals surface area contributed by atoms with E-state index in [1.54, 1.807) is 54.6 Å². The van der Waals surface area contributed by atoms with Gasteiger partial charge >= 0.3 is 0 Å². The third-order valence-corrected chi connectivity index (χ3v) is 6.38. The quantitative estimate of drug-likeness (QED) is 0.525. The van der Waals surface area contributed by atoms with E-state index in [-0.39, 0.29) is 18.2 Å². The van der Waals surface area contributed by atoms with E-state index in [2.05, 4.69) is 11.4 Å². The van der Waals surface area contributed by atoms with Crippen LogP contribution in [-0.4, -0.2) is 26.6 Å². The second-order valence-electron chi connectivity index (χ2n) is 7.05. The van der Waals surface area contributed by atoms with Gasteiger partial charge < -0.3 is 10.1 Å². The van der Waals surface area contributed by atoms with Crippen LogP contribution in [-0.2, 0) is 16.4 Å². The van der Waals surface area contributed by atoms with Crippen molar-refractivity contribution in [2.75, 3.05) is 12.3 Å². The molecule has 0 saturated carbocycles. The van der Waals surface area contributed by atoms with Gasteiger partial charge in [0.05, 0.1) is 10.6 Å². The first-order valence-corrected chi connectivity index (χ1v) is 11.4. The molecule has 0 atom stereocenters. The van der Waals surface area contributed by atoms with E-state index in [1.165, 1.54) is 5.56 Å². The molecule has 6 heteroatoms. The first kappa shape index (κ1) is 21.6. The molecule has 3 rings (SSSR count). The minimum Gasteiger partial charge on any atom is -0.489 e. The summed E-state index contributed by atoms with van der Waals surface area (Å²) in [5.74, 6) is 0.334. The summed E-state index contributed by atoms with van der Waals surface area (Å²) >= 11 is 0. The minimum absolute atomic E-state index is 0.0169. The average Bonchev–Trinajstić information content (AvgIpc) is 2.76. The third-order valence-electron chi connectivity index (χ3n) is 4.56. The Bertz CT molecular complexity index is 1090. The molecular weight excluding hydrogens is 398 g/mol. The number of carbonyl (C=O) groups is 1. The Kier molecular flexibility index (Phi) is 7.25. The molecular formula is C24H25NO4S. The Morgan fingerprint density at radius 3 is 2.47 bits per heavy atom. The van der Waals surface area contributed by atoms with E-state index in [0.717, 1.165) is 5.56 Å². The number of amides is 1. The van der Waals surface area contributed by atoms with Crippen LogP contribution in [0.5, 0.6) is 5.75 Å². The minimum atomic E-state index is -3.34. The van der Waals surface area contributed by atoms with Crippen molar-refractivity contribution in [1.29, 1.82) is 0 Å². The lowest BCUT2D eigenvalue weighted by Crippen LogP contribution is -2.26. The molecule has 3 aromatic rings. The van der Waals surface area contributed by atoms with E-state index < -0.39 is 9.84 Å². The molecule has 5 nitrogen and oxygen atoms in total. The van der Waals surface area contributed by atoms with Gasteiger partial charge in [0.2, 0.25) is 0 Å². The Morgan fingerprint density at radius 1 is 0.933 bits per heavy atom. The molecule has 0 aliphatic rings. The van der Waals surface area contributed by atoms with Crippen molar-refractivity contribution in [3.8, 4) is 5.75 Å². The Hall–Kier alpha value is -3.12. The van der Waals surface area contributed by atoms with Gasteiger partial charge in [-0.1, -0.05) is 54.1 Å². The van der Waals surface area contributed by atoms with Gasteiger partial charge in [0.15, 0.2) is 9.84 Å². The van der Waals surface area contributed by atoms with Crippen LogP contribution in [0.4, 0.5) is 0 Å². The Labute approximate surface area is 177 Å². The summed E-state index contributed by atoms with van der Waals surface area (Å²) in [4.78, 5) is 12.7. The smallest absolute Gasteiger partial charge is 0.251 e. The topological polar surface area (TPSA) is 72.5 Å². The van der Waals surface area contributed by atoms with Crippen molar-refractivity contribution < 1.29 is 17.9 Å². The molecule has 0 bridgehead atoms. The van der Waals surface area contributed by atoms with Gasteiger partial charge in [0.1, 0.15) is 12.4 Å².